The number of allylic oxidation sites excluding steroid dienone is 2. The number of ether oxygens (including phenoxy) is 1. The molecule has 3 N–H and O–H groups in total. The number of alkyl halides is 1. The second-order valence-corrected chi connectivity index (χ2v) is 9.68. The molecule has 4 heterocycles. The number of piperidine rings is 1. The largest absolute Gasteiger partial charge is 0.489 e. The van der Waals surface area contributed by atoms with Crippen LogP contribution in [0.1, 0.15) is 43.5 Å². The van der Waals surface area contributed by atoms with Crippen LogP contribution >= 0.6 is 11.6 Å². The van der Waals surface area contributed by atoms with Crippen molar-refractivity contribution in [2.75, 3.05) is 13.1 Å². The minimum absolute atomic E-state index is 0.0257. The Bertz CT molecular complexity index is 1160. The van der Waals surface area contributed by atoms with E-state index >= 15 is 0 Å². The van der Waals surface area contributed by atoms with Crippen molar-refractivity contribution in [3.8, 4) is 5.75 Å². The predicted molar refractivity (Wildman–Crippen MR) is 126 cm³/mol. The fourth-order valence-electron chi connectivity index (χ4n) is 5.09. The second kappa shape index (κ2) is 8.78. The Morgan fingerprint density at radius 1 is 1.26 bits per heavy atom. The van der Waals surface area contributed by atoms with Crippen LogP contribution in [0.25, 0.3) is 0 Å². The SMILES string of the molecule is CC1=N/C(=C2\CN(C(=O)c3ccc(F)cc3OC3CC4CC(F)C(C3)N4)CC2=N)NC(C)=C1Cl. The molecule has 4 unspecified atom stereocenters. The van der Waals surface area contributed by atoms with E-state index in [0.717, 1.165) is 5.70 Å². The molecule has 4 aliphatic rings. The highest BCUT2D eigenvalue weighted by atomic mass is 35.5. The average Bonchev–Trinajstić information content (AvgIpc) is 3.29. The number of carbonyl (C=O) groups excluding carboxylic acids is 1. The first kappa shape index (κ1) is 23.0. The normalized spacial score (nSPS) is 31.0. The lowest BCUT2D eigenvalue weighted by Crippen LogP contribution is -2.44. The summed E-state index contributed by atoms with van der Waals surface area (Å²) in [5, 5.41) is 15.3. The van der Waals surface area contributed by atoms with Gasteiger partial charge in [0.15, 0.2) is 0 Å². The fraction of sp³-hybridized carbons (Fsp3) is 0.458. The molecule has 4 atom stereocenters. The van der Waals surface area contributed by atoms with Crippen LogP contribution in [0.2, 0.25) is 0 Å². The highest BCUT2D eigenvalue weighted by molar-refractivity contribution is 6.43. The van der Waals surface area contributed by atoms with Gasteiger partial charge in [0, 0.05) is 35.8 Å². The molecular weight excluding hydrogens is 464 g/mol. The number of amides is 1. The molecule has 3 fully saturated rings. The van der Waals surface area contributed by atoms with Gasteiger partial charge in [0.05, 0.1) is 35.1 Å². The Morgan fingerprint density at radius 3 is 2.79 bits per heavy atom. The Morgan fingerprint density at radius 2 is 2.06 bits per heavy atom. The second-order valence-electron chi connectivity index (χ2n) is 9.30. The van der Waals surface area contributed by atoms with Gasteiger partial charge < -0.3 is 25.7 Å². The lowest BCUT2D eigenvalue weighted by Gasteiger charge is -2.30. The summed E-state index contributed by atoms with van der Waals surface area (Å²) >= 11 is 6.20. The molecule has 4 aliphatic heterocycles. The molecular formula is C24H26ClF2N5O2. The molecule has 1 aromatic rings. The van der Waals surface area contributed by atoms with Crippen molar-refractivity contribution in [3.05, 3.63) is 51.7 Å². The van der Waals surface area contributed by atoms with E-state index in [9.17, 15) is 13.6 Å². The van der Waals surface area contributed by atoms with Crippen LogP contribution in [-0.2, 0) is 0 Å². The fourth-order valence-corrected chi connectivity index (χ4v) is 5.18. The van der Waals surface area contributed by atoms with E-state index in [1.54, 1.807) is 6.92 Å². The zero-order valence-electron chi connectivity index (χ0n) is 18.9. The van der Waals surface area contributed by atoms with Crippen molar-refractivity contribution < 1.29 is 18.3 Å². The number of halogens is 3. The van der Waals surface area contributed by atoms with Gasteiger partial charge in [-0.25, -0.2) is 13.8 Å². The van der Waals surface area contributed by atoms with Gasteiger partial charge in [-0.2, -0.15) is 0 Å². The van der Waals surface area contributed by atoms with Crippen LogP contribution in [0.4, 0.5) is 8.78 Å². The van der Waals surface area contributed by atoms with Gasteiger partial charge in [-0.05, 0) is 38.8 Å². The molecule has 34 heavy (non-hydrogen) atoms. The van der Waals surface area contributed by atoms with Crippen molar-refractivity contribution in [2.24, 2.45) is 4.99 Å². The molecule has 1 aromatic carbocycles. The zero-order chi connectivity index (χ0) is 24.1. The highest BCUT2D eigenvalue weighted by Crippen LogP contribution is 2.34. The molecule has 0 aromatic heterocycles. The first-order valence-corrected chi connectivity index (χ1v) is 11.7. The lowest BCUT2D eigenvalue weighted by molar-refractivity contribution is 0.0789. The smallest absolute Gasteiger partial charge is 0.258 e. The standard InChI is InChI=1S/C24H26ClF2N5O2/c1-11-22(25)12(2)30-23(29-11)17-9-32(10-19(17)28)24(33)16-4-3-13(26)5-21(16)34-15-6-14-7-18(27)20(8-15)31-14/h3-5,14-15,18,20,28-29,31H,6-10H2,1-2H3/b23-17+,28-19?. The summed E-state index contributed by atoms with van der Waals surface area (Å²) in [6.45, 7) is 3.89. The Kier molecular flexibility index (Phi) is 5.93. The number of hydrogen-bond donors (Lipinski definition) is 3. The van der Waals surface area contributed by atoms with Crippen LogP contribution in [0.15, 0.2) is 45.3 Å². The van der Waals surface area contributed by atoms with Crippen molar-refractivity contribution in [3.63, 3.8) is 0 Å². The first-order chi connectivity index (χ1) is 16.2. The molecule has 3 saturated heterocycles. The molecule has 0 aliphatic carbocycles. The molecule has 10 heteroatoms. The van der Waals surface area contributed by atoms with Gasteiger partial charge in [-0.3, -0.25) is 4.79 Å². The van der Waals surface area contributed by atoms with E-state index in [0.29, 0.717) is 41.4 Å². The van der Waals surface area contributed by atoms with E-state index in [1.165, 1.54) is 23.1 Å². The van der Waals surface area contributed by atoms with Gasteiger partial charge in [0.1, 0.15) is 29.7 Å². The number of rotatable bonds is 3. The van der Waals surface area contributed by atoms with Gasteiger partial charge in [-0.15, -0.1) is 0 Å². The van der Waals surface area contributed by atoms with E-state index in [4.69, 9.17) is 21.7 Å². The van der Waals surface area contributed by atoms with Crippen LogP contribution in [0, 0.1) is 11.2 Å². The third kappa shape index (κ3) is 4.22. The molecule has 5 rings (SSSR count). The van der Waals surface area contributed by atoms with Gasteiger partial charge >= 0.3 is 0 Å². The van der Waals surface area contributed by atoms with Crippen LogP contribution in [0.5, 0.6) is 5.75 Å². The zero-order valence-corrected chi connectivity index (χ0v) is 19.7. The third-order valence-corrected chi connectivity index (χ3v) is 7.35. The van der Waals surface area contributed by atoms with E-state index < -0.39 is 12.0 Å². The summed E-state index contributed by atoms with van der Waals surface area (Å²) in [7, 11) is 0. The number of hydrogen-bond acceptors (Lipinski definition) is 6. The number of benzene rings is 1. The average molecular weight is 490 g/mol. The maximum absolute atomic E-state index is 14.1. The number of fused-ring (bicyclic) bond motifs is 2. The molecule has 0 radical (unpaired) electrons. The Hall–Kier alpha value is -2.78. The van der Waals surface area contributed by atoms with Crippen molar-refractivity contribution >= 4 is 28.9 Å². The van der Waals surface area contributed by atoms with E-state index in [1.807, 2.05) is 6.92 Å². The summed E-state index contributed by atoms with van der Waals surface area (Å²) in [5.41, 5.74) is 2.46. The molecule has 0 saturated carbocycles. The van der Waals surface area contributed by atoms with E-state index in [2.05, 4.69) is 15.6 Å². The van der Waals surface area contributed by atoms with Crippen LogP contribution in [-0.4, -0.2) is 59.7 Å². The monoisotopic (exact) mass is 489 g/mol. The number of carbonyl (C=O) groups is 1. The Labute approximate surface area is 201 Å². The summed E-state index contributed by atoms with van der Waals surface area (Å²) < 4.78 is 34.2. The number of aliphatic imine (C=N–C) groups is 1. The van der Waals surface area contributed by atoms with Crippen LogP contribution < -0.4 is 15.4 Å². The minimum Gasteiger partial charge on any atom is -0.489 e. The highest BCUT2D eigenvalue weighted by Gasteiger charge is 2.42. The number of nitrogens with one attached hydrogen (secondary N) is 3. The third-order valence-electron chi connectivity index (χ3n) is 6.80. The molecule has 7 nitrogen and oxygen atoms in total. The quantitative estimate of drug-likeness (QED) is 0.604. The predicted octanol–water partition coefficient (Wildman–Crippen LogP) is 3.66. The number of likely N-dealkylation sites (tertiary alicyclic amines) is 1. The van der Waals surface area contributed by atoms with Crippen molar-refractivity contribution in [1.82, 2.24) is 15.5 Å². The summed E-state index contributed by atoms with van der Waals surface area (Å²) in [4.78, 5) is 19.4. The summed E-state index contributed by atoms with van der Waals surface area (Å²) in [6, 6.07) is 3.58. The van der Waals surface area contributed by atoms with E-state index in [-0.39, 0.29) is 54.2 Å². The van der Waals surface area contributed by atoms with Crippen molar-refractivity contribution in [1.29, 1.82) is 5.41 Å². The molecule has 2 bridgehead atoms. The molecule has 180 valence electrons. The lowest BCUT2D eigenvalue weighted by atomic mass is 10.0. The summed E-state index contributed by atoms with van der Waals surface area (Å²) in [6.07, 6.45) is 0.294. The topological polar surface area (TPSA) is 89.8 Å². The van der Waals surface area contributed by atoms with Crippen LogP contribution in [0.3, 0.4) is 0 Å². The molecule has 0 spiro atoms. The number of nitrogens with zero attached hydrogens (tertiary/aromatic N) is 2. The maximum atomic E-state index is 14.1. The van der Waals surface area contributed by atoms with Gasteiger partial charge in [0.2, 0.25) is 0 Å². The van der Waals surface area contributed by atoms with Crippen molar-refractivity contribution in [2.45, 2.75) is 57.5 Å². The first-order valence-electron chi connectivity index (χ1n) is 11.3. The Balaban J connectivity index is 1.36. The molecule has 1 amide bonds. The van der Waals surface area contributed by atoms with Gasteiger partial charge in [-0.1, -0.05) is 11.6 Å². The minimum atomic E-state index is -0.915. The van der Waals surface area contributed by atoms with Gasteiger partial charge in [0.25, 0.3) is 5.91 Å². The maximum Gasteiger partial charge on any atom is 0.258 e. The summed E-state index contributed by atoms with van der Waals surface area (Å²) in [5.74, 6) is -0.229.